The van der Waals surface area contributed by atoms with Crippen LogP contribution in [0.15, 0.2) is 0 Å². The predicted molar refractivity (Wildman–Crippen MR) is 90.0 cm³/mol. The Morgan fingerprint density at radius 2 is 1.00 bits per heavy atom. The van der Waals surface area contributed by atoms with Crippen molar-refractivity contribution in [2.24, 2.45) is 0 Å². The number of hydrogen-bond acceptors (Lipinski definition) is 2. The molecule has 5 nitrogen and oxygen atoms in total. The fourth-order valence-electron chi connectivity index (χ4n) is 2.29. The quantitative estimate of drug-likeness (QED) is 0.300. The average molecular weight is 337 g/mol. The molecule has 0 unspecified atom stereocenters. The highest BCUT2D eigenvalue weighted by atomic mass is 31.1. The lowest BCUT2D eigenvalue weighted by atomic mass is 10.0. The van der Waals surface area contributed by atoms with Crippen molar-refractivity contribution in [1.29, 1.82) is 0 Å². The Kier molecular flexibility index (Phi) is 22.1. The molecule has 0 aromatic carbocycles. The summed E-state index contributed by atoms with van der Waals surface area (Å²) < 4.78 is 8.70. The van der Waals surface area contributed by atoms with E-state index < -0.39 is 14.2 Å². The third kappa shape index (κ3) is 31.7. The molecule has 0 aliphatic heterocycles. The van der Waals surface area contributed by atoms with Crippen molar-refractivity contribution >= 4 is 14.2 Å². The largest absolute Gasteiger partial charge is 0.692 e. The van der Waals surface area contributed by atoms with E-state index >= 15 is 0 Å². The molecular weight excluding hydrogens is 303 g/mol. The van der Waals surface area contributed by atoms with E-state index in [1.807, 2.05) is 0 Å². The SMILES string of the molecule is CCCCCCCCCCCCCCCC(=O)O.O=[P+](O)O. The van der Waals surface area contributed by atoms with Crippen LogP contribution in [0.25, 0.3) is 0 Å². The van der Waals surface area contributed by atoms with E-state index in [1.54, 1.807) is 0 Å². The summed E-state index contributed by atoms with van der Waals surface area (Å²) >= 11 is 0. The molecule has 0 saturated heterocycles. The van der Waals surface area contributed by atoms with Crippen LogP contribution in [0.1, 0.15) is 96.8 Å². The molecule has 0 radical (unpaired) electrons. The third-order valence-corrected chi connectivity index (χ3v) is 3.49. The first-order valence-electron chi connectivity index (χ1n) is 8.57. The molecule has 0 spiro atoms. The van der Waals surface area contributed by atoms with Crippen LogP contribution in [0.3, 0.4) is 0 Å². The summed E-state index contributed by atoms with van der Waals surface area (Å²) in [4.78, 5) is 24.5. The highest BCUT2D eigenvalue weighted by molar-refractivity contribution is 7.30. The van der Waals surface area contributed by atoms with Crippen LogP contribution in [0.5, 0.6) is 0 Å². The zero-order valence-corrected chi connectivity index (χ0v) is 14.9. The summed E-state index contributed by atoms with van der Waals surface area (Å²) in [6.07, 6.45) is 17.3. The zero-order chi connectivity index (χ0) is 17.1. The smallest absolute Gasteiger partial charge is 0.481 e. The number of carbonyl (C=O) groups is 1. The fraction of sp³-hybridized carbons (Fsp3) is 0.938. The van der Waals surface area contributed by atoms with Gasteiger partial charge >= 0.3 is 14.2 Å². The van der Waals surface area contributed by atoms with Gasteiger partial charge in [0, 0.05) is 11.0 Å². The number of aliphatic carboxylic acids is 1. The molecule has 132 valence electrons. The van der Waals surface area contributed by atoms with E-state index in [4.69, 9.17) is 19.5 Å². The summed E-state index contributed by atoms with van der Waals surface area (Å²) in [7, 11) is -2.87. The minimum absolute atomic E-state index is 0.345. The molecule has 0 heterocycles. The molecule has 0 saturated carbocycles. The predicted octanol–water partition coefficient (Wildman–Crippen LogP) is 5.18. The van der Waals surface area contributed by atoms with Crippen LogP contribution < -0.4 is 0 Å². The van der Waals surface area contributed by atoms with E-state index in [-0.39, 0.29) is 0 Å². The van der Waals surface area contributed by atoms with Crippen molar-refractivity contribution in [1.82, 2.24) is 0 Å². The number of carboxylic acids is 1. The first-order chi connectivity index (χ1) is 10.5. The second-order valence-corrected chi connectivity index (χ2v) is 6.14. The Morgan fingerprint density at radius 1 is 0.727 bits per heavy atom. The Morgan fingerprint density at radius 3 is 1.27 bits per heavy atom. The topological polar surface area (TPSA) is 94.8 Å². The van der Waals surface area contributed by atoms with Crippen LogP contribution in [0, 0.1) is 0 Å². The van der Waals surface area contributed by atoms with Gasteiger partial charge in [-0.15, -0.1) is 9.79 Å². The average Bonchev–Trinajstić information content (AvgIpc) is 2.43. The minimum atomic E-state index is -2.87. The molecular formula is C16H34O5P+. The first-order valence-corrected chi connectivity index (χ1v) is 9.74. The van der Waals surface area contributed by atoms with Gasteiger partial charge in [-0.25, -0.2) is 0 Å². The molecule has 0 aliphatic rings. The van der Waals surface area contributed by atoms with Gasteiger partial charge in [0.05, 0.1) is 0 Å². The van der Waals surface area contributed by atoms with Crippen molar-refractivity contribution in [3.63, 3.8) is 0 Å². The molecule has 3 N–H and O–H groups in total. The molecule has 0 atom stereocenters. The van der Waals surface area contributed by atoms with Gasteiger partial charge in [-0.1, -0.05) is 84.0 Å². The second-order valence-electron chi connectivity index (χ2n) is 5.64. The molecule has 0 aromatic heterocycles. The van der Waals surface area contributed by atoms with Crippen molar-refractivity contribution in [2.45, 2.75) is 96.8 Å². The van der Waals surface area contributed by atoms with Gasteiger partial charge in [-0.05, 0) is 6.42 Å². The van der Waals surface area contributed by atoms with Crippen LogP contribution in [-0.4, -0.2) is 20.9 Å². The molecule has 22 heavy (non-hydrogen) atoms. The summed E-state index contributed by atoms with van der Waals surface area (Å²) in [5.41, 5.74) is 0. The number of unbranched alkanes of at least 4 members (excludes halogenated alkanes) is 12. The molecule has 0 aromatic rings. The molecule has 0 rings (SSSR count). The van der Waals surface area contributed by atoms with Crippen molar-refractivity contribution < 1.29 is 24.3 Å². The van der Waals surface area contributed by atoms with Gasteiger partial charge in [0.2, 0.25) is 0 Å². The summed E-state index contributed by atoms with van der Waals surface area (Å²) in [6.45, 7) is 2.26. The summed E-state index contributed by atoms with van der Waals surface area (Å²) in [6, 6.07) is 0. The van der Waals surface area contributed by atoms with Crippen LogP contribution in [0.4, 0.5) is 0 Å². The lowest BCUT2D eigenvalue weighted by molar-refractivity contribution is -0.137. The highest BCUT2D eigenvalue weighted by Gasteiger charge is 1.96. The number of rotatable bonds is 14. The fourth-order valence-corrected chi connectivity index (χ4v) is 2.29. The van der Waals surface area contributed by atoms with Gasteiger partial charge in [-0.3, -0.25) is 4.79 Å². The van der Waals surface area contributed by atoms with Crippen molar-refractivity contribution in [3.8, 4) is 0 Å². The van der Waals surface area contributed by atoms with E-state index in [1.165, 1.54) is 70.6 Å². The third-order valence-electron chi connectivity index (χ3n) is 3.49. The van der Waals surface area contributed by atoms with Crippen LogP contribution in [0.2, 0.25) is 0 Å². The highest BCUT2D eigenvalue weighted by Crippen LogP contribution is 2.12. The minimum Gasteiger partial charge on any atom is -0.481 e. The molecule has 0 fully saturated rings. The number of carboxylic acid groups (broad SMARTS) is 1. The normalized spacial score (nSPS) is 9.95. The van der Waals surface area contributed by atoms with Crippen molar-refractivity contribution in [3.05, 3.63) is 0 Å². The Balaban J connectivity index is 0. The maximum Gasteiger partial charge on any atom is 0.692 e. The van der Waals surface area contributed by atoms with Gasteiger partial charge in [0.25, 0.3) is 0 Å². The molecule has 6 heteroatoms. The van der Waals surface area contributed by atoms with E-state index in [0.717, 1.165) is 12.8 Å². The van der Waals surface area contributed by atoms with Gasteiger partial charge in [0.1, 0.15) is 0 Å². The van der Waals surface area contributed by atoms with Gasteiger partial charge in [0.15, 0.2) is 0 Å². The standard InChI is InChI=1S/C16H32O2.HO3P/c1-2-3-4-5-6-7-8-9-10-11-12-13-14-15-16(17)18;1-4(2)3/h2-15H2,1H3,(H,17,18);(H-,1,2,3)/p+1. The monoisotopic (exact) mass is 337 g/mol. The first kappa shape index (κ1) is 23.8. The Labute approximate surface area is 136 Å². The summed E-state index contributed by atoms with van der Waals surface area (Å²) in [5.74, 6) is -0.655. The molecule has 0 amide bonds. The van der Waals surface area contributed by atoms with E-state index in [9.17, 15) is 4.79 Å². The van der Waals surface area contributed by atoms with Crippen LogP contribution in [-0.2, 0) is 9.36 Å². The van der Waals surface area contributed by atoms with Gasteiger partial charge in [-0.2, -0.15) is 0 Å². The lowest BCUT2D eigenvalue weighted by Gasteiger charge is -2.02. The number of hydrogen-bond donors (Lipinski definition) is 3. The Hall–Kier alpha value is -0.510. The van der Waals surface area contributed by atoms with E-state index in [2.05, 4.69) is 6.92 Å². The maximum atomic E-state index is 10.3. The Bertz CT molecular complexity index is 255. The van der Waals surface area contributed by atoms with Gasteiger partial charge < -0.3 is 5.11 Å². The molecule has 0 aliphatic carbocycles. The lowest BCUT2D eigenvalue weighted by Crippen LogP contribution is -1.93. The van der Waals surface area contributed by atoms with Crippen LogP contribution >= 0.6 is 8.25 Å². The maximum absolute atomic E-state index is 10.3. The second kappa shape index (κ2) is 20.5. The summed E-state index contributed by atoms with van der Waals surface area (Å²) in [5, 5.41) is 8.49. The van der Waals surface area contributed by atoms with Crippen molar-refractivity contribution in [2.75, 3.05) is 0 Å². The zero-order valence-electron chi connectivity index (χ0n) is 14.0. The molecule has 0 bridgehead atoms. The van der Waals surface area contributed by atoms with E-state index in [0.29, 0.717) is 6.42 Å².